The number of nitrogens with one attached hydrogen (secondary N) is 1. The molecule has 3 heteroatoms. The molecule has 1 aromatic rings. The van der Waals surface area contributed by atoms with E-state index in [1.54, 1.807) is 6.07 Å². The average molecular weight is 278 g/mol. The van der Waals surface area contributed by atoms with Crippen molar-refractivity contribution in [1.29, 1.82) is 0 Å². The van der Waals surface area contributed by atoms with Crippen molar-refractivity contribution >= 4 is 5.69 Å². The quantitative estimate of drug-likeness (QED) is 0.876. The van der Waals surface area contributed by atoms with Gasteiger partial charge in [0.05, 0.1) is 0 Å². The summed E-state index contributed by atoms with van der Waals surface area (Å²) in [6.07, 6.45) is 1.06. The first-order chi connectivity index (χ1) is 9.54. The molecule has 0 bridgehead atoms. The Labute approximate surface area is 122 Å². The van der Waals surface area contributed by atoms with Crippen molar-refractivity contribution in [3.63, 3.8) is 0 Å². The van der Waals surface area contributed by atoms with Crippen LogP contribution >= 0.6 is 0 Å². The maximum atomic E-state index is 14.3. The largest absolute Gasteiger partial charge is 0.371 e. The number of hydrogen-bond donors (Lipinski definition) is 1. The zero-order valence-corrected chi connectivity index (χ0v) is 13.1. The summed E-state index contributed by atoms with van der Waals surface area (Å²) in [6.45, 7) is 11.7. The van der Waals surface area contributed by atoms with Crippen LogP contribution in [0.2, 0.25) is 0 Å². The summed E-state index contributed by atoms with van der Waals surface area (Å²) in [5.41, 5.74) is 1.89. The van der Waals surface area contributed by atoms with Crippen molar-refractivity contribution in [2.75, 3.05) is 24.5 Å². The highest BCUT2D eigenvalue weighted by atomic mass is 19.1. The molecule has 1 fully saturated rings. The van der Waals surface area contributed by atoms with Gasteiger partial charge in [-0.05, 0) is 43.9 Å². The van der Waals surface area contributed by atoms with Crippen molar-refractivity contribution in [3.05, 3.63) is 29.6 Å². The van der Waals surface area contributed by atoms with Gasteiger partial charge in [-0.15, -0.1) is 0 Å². The Morgan fingerprint density at radius 3 is 2.55 bits per heavy atom. The Morgan fingerprint density at radius 2 is 1.95 bits per heavy atom. The van der Waals surface area contributed by atoms with Crippen LogP contribution in [0.25, 0.3) is 0 Å². The van der Waals surface area contributed by atoms with Crippen molar-refractivity contribution in [2.45, 2.75) is 40.2 Å². The lowest BCUT2D eigenvalue weighted by Crippen LogP contribution is -2.26. The molecule has 20 heavy (non-hydrogen) atoms. The van der Waals surface area contributed by atoms with E-state index in [2.05, 4.69) is 44.0 Å². The standard InChI is InChI=1S/C17H27FN2/c1-5-9-19-14(4)17-15(18)7-6-8-16(17)20-10-12(2)13(3)11-20/h6-8,12-14,19H,5,9-11H2,1-4H3. The molecular formula is C17H27FN2. The summed E-state index contributed by atoms with van der Waals surface area (Å²) in [5, 5.41) is 3.41. The molecule has 112 valence electrons. The van der Waals surface area contributed by atoms with Crippen LogP contribution in [0.5, 0.6) is 0 Å². The molecule has 0 aliphatic carbocycles. The Bertz CT molecular complexity index is 437. The summed E-state index contributed by atoms with van der Waals surface area (Å²) in [7, 11) is 0. The molecule has 0 saturated carbocycles. The minimum atomic E-state index is -0.0918. The van der Waals surface area contributed by atoms with Crippen LogP contribution < -0.4 is 10.2 Å². The van der Waals surface area contributed by atoms with E-state index < -0.39 is 0 Å². The van der Waals surface area contributed by atoms with Crippen molar-refractivity contribution in [3.8, 4) is 0 Å². The normalized spacial score (nSPS) is 24.1. The lowest BCUT2D eigenvalue weighted by molar-refractivity contribution is 0.494. The van der Waals surface area contributed by atoms with Crippen LogP contribution in [-0.4, -0.2) is 19.6 Å². The first-order valence-electron chi connectivity index (χ1n) is 7.81. The molecule has 0 spiro atoms. The van der Waals surface area contributed by atoms with Gasteiger partial charge in [0.25, 0.3) is 0 Å². The van der Waals surface area contributed by atoms with Crippen molar-refractivity contribution in [1.82, 2.24) is 5.32 Å². The van der Waals surface area contributed by atoms with E-state index in [0.717, 1.165) is 37.3 Å². The fraction of sp³-hybridized carbons (Fsp3) is 0.647. The number of nitrogens with zero attached hydrogens (tertiary/aromatic N) is 1. The third kappa shape index (κ3) is 3.14. The third-order valence-corrected chi connectivity index (χ3v) is 4.49. The Hall–Kier alpha value is -1.09. The molecule has 1 saturated heterocycles. The van der Waals surface area contributed by atoms with E-state index in [1.807, 2.05) is 6.07 Å². The lowest BCUT2D eigenvalue weighted by Gasteiger charge is -2.26. The molecule has 1 heterocycles. The van der Waals surface area contributed by atoms with E-state index in [1.165, 1.54) is 0 Å². The highest BCUT2D eigenvalue weighted by Crippen LogP contribution is 2.34. The van der Waals surface area contributed by atoms with Gasteiger partial charge in [-0.2, -0.15) is 0 Å². The van der Waals surface area contributed by atoms with Gasteiger partial charge >= 0.3 is 0 Å². The van der Waals surface area contributed by atoms with E-state index >= 15 is 0 Å². The summed E-state index contributed by atoms with van der Waals surface area (Å²) < 4.78 is 14.3. The molecule has 0 amide bonds. The van der Waals surface area contributed by atoms with Crippen LogP contribution in [0.3, 0.4) is 0 Å². The fourth-order valence-corrected chi connectivity index (χ4v) is 3.02. The smallest absolute Gasteiger partial charge is 0.130 e. The first kappa shape index (κ1) is 15.3. The number of rotatable bonds is 5. The summed E-state index contributed by atoms with van der Waals surface area (Å²) >= 11 is 0. The van der Waals surface area contributed by atoms with Gasteiger partial charge < -0.3 is 10.2 Å². The van der Waals surface area contributed by atoms with Crippen molar-refractivity contribution < 1.29 is 4.39 Å². The molecule has 1 aromatic carbocycles. The predicted molar refractivity (Wildman–Crippen MR) is 83.6 cm³/mol. The van der Waals surface area contributed by atoms with E-state index in [0.29, 0.717) is 11.8 Å². The predicted octanol–water partition coefficient (Wildman–Crippen LogP) is 3.98. The number of hydrogen-bond acceptors (Lipinski definition) is 2. The van der Waals surface area contributed by atoms with Crippen LogP contribution in [0.15, 0.2) is 18.2 Å². The van der Waals surface area contributed by atoms with Crippen LogP contribution in [0.4, 0.5) is 10.1 Å². The van der Waals surface area contributed by atoms with Gasteiger partial charge in [0.2, 0.25) is 0 Å². The Kier molecular flexibility index (Phi) is 5.03. The summed E-state index contributed by atoms with van der Waals surface area (Å²) in [4.78, 5) is 2.35. The van der Waals surface area contributed by atoms with E-state index in [4.69, 9.17) is 0 Å². The zero-order valence-electron chi connectivity index (χ0n) is 13.1. The van der Waals surface area contributed by atoms with Gasteiger partial charge in [-0.1, -0.05) is 26.8 Å². The topological polar surface area (TPSA) is 15.3 Å². The maximum absolute atomic E-state index is 14.3. The number of halogens is 1. The maximum Gasteiger partial charge on any atom is 0.130 e. The van der Waals surface area contributed by atoms with Crippen LogP contribution in [-0.2, 0) is 0 Å². The molecule has 2 nitrogen and oxygen atoms in total. The second-order valence-corrected chi connectivity index (χ2v) is 6.21. The summed E-state index contributed by atoms with van der Waals surface area (Å²) in [5.74, 6) is 1.25. The SMILES string of the molecule is CCCNC(C)c1c(F)cccc1N1CC(C)C(C)C1. The number of anilines is 1. The minimum absolute atomic E-state index is 0.0531. The average Bonchev–Trinajstić information content (AvgIpc) is 2.75. The third-order valence-electron chi connectivity index (χ3n) is 4.49. The van der Waals surface area contributed by atoms with Crippen LogP contribution in [0, 0.1) is 17.7 Å². The highest BCUT2D eigenvalue weighted by molar-refractivity contribution is 5.56. The molecule has 1 aliphatic heterocycles. The monoisotopic (exact) mass is 278 g/mol. The lowest BCUT2D eigenvalue weighted by atomic mass is 10.0. The number of benzene rings is 1. The summed E-state index contributed by atoms with van der Waals surface area (Å²) in [6, 6.07) is 5.52. The van der Waals surface area contributed by atoms with E-state index in [9.17, 15) is 4.39 Å². The Morgan fingerprint density at radius 1 is 1.30 bits per heavy atom. The second kappa shape index (κ2) is 6.57. The molecule has 1 aliphatic rings. The fourth-order valence-electron chi connectivity index (χ4n) is 3.02. The van der Waals surface area contributed by atoms with Gasteiger partial charge in [0.1, 0.15) is 5.82 Å². The molecule has 2 rings (SSSR count). The van der Waals surface area contributed by atoms with E-state index in [-0.39, 0.29) is 11.9 Å². The first-order valence-corrected chi connectivity index (χ1v) is 7.81. The molecule has 3 atom stereocenters. The zero-order chi connectivity index (χ0) is 14.7. The van der Waals surface area contributed by atoms with Gasteiger partial charge in [0, 0.05) is 30.4 Å². The molecule has 3 unspecified atom stereocenters. The van der Waals surface area contributed by atoms with Gasteiger partial charge in [-0.25, -0.2) is 4.39 Å². The van der Waals surface area contributed by atoms with Crippen LogP contribution in [0.1, 0.15) is 45.7 Å². The van der Waals surface area contributed by atoms with Gasteiger partial charge in [-0.3, -0.25) is 0 Å². The van der Waals surface area contributed by atoms with Gasteiger partial charge in [0.15, 0.2) is 0 Å². The Balaban J connectivity index is 2.27. The highest BCUT2D eigenvalue weighted by Gasteiger charge is 2.29. The van der Waals surface area contributed by atoms with Crippen molar-refractivity contribution in [2.24, 2.45) is 11.8 Å². The second-order valence-electron chi connectivity index (χ2n) is 6.21. The molecule has 1 N–H and O–H groups in total. The molecular weight excluding hydrogens is 251 g/mol. The molecule has 0 radical (unpaired) electrons. The molecule has 0 aromatic heterocycles. The minimum Gasteiger partial charge on any atom is -0.371 e.